The Hall–Kier alpha value is -0.820. The smallest absolute Gasteiger partial charge is 0.0103 e. The van der Waals surface area contributed by atoms with E-state index in [1.807, 2.05) is 0 Å². The Morgan fingerprint density at radius 2 is 1.60 bits per heavy atom. The van der Waals surface area contributed by atoms with Crippen molar-refractivity contribution in [2.75, 3.05) is 0 Å². The monoisotopic (exact) mass is 205 g/mol. The van der Waals surface area contributed by atoms with Crippen LogP contribution in [0.3, 0.4) is 0 Å². The summed E-state index contributed by atoms with van der Waals surface area (Å²) in [7, 11) is 0. The normalized spacial score (nSPS) is 15.1. The molecule has 0 heterocycles. The van der Waals surface area contributed by atoms with Crippen molar-refractivity contribution in [1.29, 1.82) is 0 Å². The van der Waals surface area contributed by atoms with Gasteiger partial charge in [-0.1, -0.05) is 31.5 Å². The SMILES string of the molecule is CCC(N)C(C)c1c(C)cc(C)cc1C. The van der Waals surface area contributed by atoms with Crippen LogP contribution >= 0.6 is 0 Å². The largest absolute Gasteiger partial charge is 0.327 e. The maximum absolute atomic E-state index is 6.12. The lowest BCUT2D eigenvalue weighted by Gasteiger charge is -2.23. The Balaban J connectivity index is 3.13. The molecule has 1 aromatic carbocycles. The molecule has 2 unspecified atom stereocenters. The summed E-state index contributed by atoms with van der Waals surface area (Å²) < 4.78 is 0. The predicted octanol–water partition coefficient (Wildman–Crippen LogP) is 3.45. The van der Waals surface area contributed by atoms with Crippen molar-refractivity contribution in [1.82, 2.24) is 0 Å². The Morgan fingerprint density at radius 3 is 2.00 bits per heavy atom. The van der Waals surface area contributed by atoms with Crippen LogP contribution in [0, 0.1) is 20.8 Å². The van der Waals surface area contributed by atoms with E-state index in [2.05, 4.69) is 46.8 Å². The quantitative estimate of drug-likeness (QED) is 0.803. The molecule has 0 bridgehead atoms. The fourth-order valence-corrected chi connectivity index (χ4v) is 2.48. The first-order valence-corrected chi connectivity index (χ1v) is 5.80. The number of hydrogen-bond donors (Lipinski definition) is 1. The van der Waals surface area contributed by atoms with E-state index in [1.165, 1.54) is 22.3 Å². The van der Waals surface area contributed by atoms with Gasteiger partial charge in [0.05, 0.1) is 0 Å². The molecule has 1 nitrogen and oxygen atoms in total. The van der Waals surface area contributed by atoms with Gasteiger partial charge in [-0.25, -0.2) is 0 Å². The minimum absolute atomic E-state index is 0.269. The molecular formula is C14H23N. The third kappa shape index (κ3) is 2.60. The minimum atomic E-state index is 0.269. The van der Waals surface area contributed by atoms with Crippen LogP contribution in [0.2, 0.25) is 0 Å². The van der Waals surface area contributed by atoms with Gasteiger partial charge in [0.2, 0.25) is 0 Å². The van der Waals surface area contributed by atoms with Crippen molar-refractivity contribution in [2.45, 2.75) is 53.0 Å². The molecule has 15 heavy (non-hydrogen) atoms. The number of benzene rings is 1. The molecule has 0 fully saturated rings. The van der Waals surface area contributed by atoms with Crippen molar-refractivity contribution >= 4 is 0 Å². The van der Waals surface area contributed by atoms with Gasteiger partial charge in [0.1, 0.15) is 0 Å². The highest BCUT2D eigenvalue weighted by atomic mass is 14.6. The summed E-state index contributed by atoms with van der Waals surface area (Å²) in [6, 6.07) is 4.77. The highest BCUT2D eigenvalue weighted by Crippen LogP contribution is 2.27. The molecular weight excluding hydrogens is 182 g/mol. The van der Waals surface area contributed by atoms with Gasteiger partial charge in [-0.3, -0.25) is 0 Å². The lowest BCUT2D eigenvalue weighted by atomic mass is 9.85. The fraction of sp³-hybridized carbons (Fsp3) is 0.571. The van der Waals surface area contributed by atoms with Crippen LogP contribution in [0.4, 0.5) is 0 Å². The van der Waals surface area contributed by atoms with Crippen molar-refractivity contribution < 1.29 is 0 Å². The first-order chi connectivity index (χ1) is 6.97. The molecule has 2 atom stereocenters. The first kappa shape index (κ1) is 12.3. The van der Waals surface area contributed by atoms with Gasteiger partial charge in [0, 0.05) is 6.04 Å². The molecule has 0 aliphatic heterocycles. The molecule has 0 amide bonds. The third-order valence-corrected chi connectivity index (χ3v) is 3.31. The van der Waals surface area contributed by atoms with Crippen molar-refractivity contribution in [3.05, 3.63) is 34.4 Å². The molecule has 0 aromatic heterocycles. The molecule has 0 aliphatic carbocycles. The van der Waals surface area contributed by atoms with Crippen LogP contribution < -0.4 is 5.73 Å². The van der Waals surface area contributed by atoms with E-state index in [1.54, 1.807) is 0 Å². The van der Waals surface area contributed by atoms with E-state index in [0.29, 0.717) is 5.92 Å². The minimum Gasteiger partial charge on any atom is -0.327 e. The Bertz CT molecular complexity index is 318. The van der Waals surface area contributed by atoms with Crippen molar-refractivity contribution in [3.63, 3.8) is 0 Å². The molecule has 2 N–H and O–H groups in total. The lowest BCUT2D eigenvalue weighted by molar-refractivity contribution is 0.547. The van der Waals surface area contributed by atoms with Crippen LogP contribution in [0.5, 0.6) is 0 Å². The second-order valence-electron chi connectivity index (χ2n) is 4.67. The molecule has 1 heteroatoms. The molecule has 0 saturated heterocycles. The zero-order valence-electron chi connectivity index (χ0n) is 10.6. The zero-order chi connectivity index (χ0) is 11.6. The maximum Gasteiger partial charge on any atom is 0.0103 e. The first-order valence-electron chi connectivity index (χ1n) is 5.80. The van der Waals surface area contributed by atoms with Crippen LogP contribution in [0.1, 0.15) is 48.4 Å². The van der Waals surface area contributed by atoms with Crippen LogP contribution in [-0.4, -0.2) is 6.04 Å². The molecule has 1 aromatic rings. The molecule has 84 valence electrons. The summed E-state index contributed by atoms with van der Waals surface area (Å²) in [5, 5.41) is 0. The highest BCUT2D eigenvalue weighted by Gasteiger charge is 2.17. The van der Waals surface area contributed by atoms with Crippen LogP contribution in [0.15, 0.2) is 12.1 Å². The van der Waals surface area contributed by atoms with E-state index < -0.39 is 0 Å². The molecule has 0 spiro atoms. The average Bonchev–Trinajstić information content (AvgIpc) is 2.14. The summed E-state index contributed by atoms with van der Waals surface area (Å²) in [6.07, 6.45) is 1.04. The number of hydrogen-bond acceptors (Lipinski definition) is 1. The van der Waals surface area contributed by atoms with E-state index in [-0.39, 0.29) is 6.04 Å². The fourth-order valence-electron chi connectivity index (χ4n) is 2.48. The van der Waals surface area contributed by atoms with Gasteiger partial charge in [-0.05, 0) is 49.8 Å². The Kier molecular flexibility index (Phi) is 3.92. The third-order valence-electron chi connectivity index (χ3n) is 3.31. The van der Waals surface area contributed by atoms with E-state index in [4.69, 9.17) is 5.73 Å². The average molecular weight is 205 g/mol. The topological polar surface area (TPSA) is 26.0 Å². The van der Waals surface area contributed by atoms with E-state index in [9.17, 15) is 0 Å². The van der Waals surface area contributed by atoms with Gasteiger partial charge in [0.15, 0.2) is 0 Å². The van der Waals surface area contributed by atoms with Gasteiger partial charge in [-0.2, -0.15) is 0 Å². The zero-order valence-corrected chi connectivity index (χ0v) is 10.6. The number of aryl methyl sites for hydroxylation is 3. The number of rotatable bonds is 3. The van der Waals surface area contributed by atoms with Gasteiger partial charge in [0.25, 0.3) is 0 Å². The van der Waals surface area contributed by atoms with Gasteiger partial charge < -0.3 is 5.73 Å². The summed E-state index contributed by atoms with van der Waals surface area (Å²) in [5.74, 6) is 0.454. The molecule has 0 aliphatic rings. The summed E-state index contributed by atoms with van der Waals surface area (Å²) in [5.41, 5.74) is 11.7. The van der Waals surface area contributed by atoms with Crippen molar-refractivity contribution in [2.24, 2.45) is 5.73 Å². The van der Waals surface area contributed by atoms with Gasteiger partial charge in [-0.15, -0.1) is 0 Å². The standard InChI is InChI=1S/C14H23N/c1-6-13(15)12(5)14-10(3)7-9(2)8-11(14)4/h7-8,12-13H,6,15H2,1-5H3. The second-order valence-corrected chi connectivity index (χ2v) is 4.67. The molecule has 0 saturated carbocycles. The van der Waals surface area contributed by atoms with Crippen LogP contribution in [-0.2, 0) is 0 Å². The second kappa shape index (κ2) is 4.80. The van der Waals surface area contributed by atoms with Gasteiger partial charge >= 0.3 is 0 Å². The molecule has 1 rings (SSSR count). The van der Waals surface area contributed by atoms with E-state index >= 15 is 0 Å². The number of nitrogens with two attached hydrogens (primary N) is 1. The summed E-state index contributed by atoms with van der Waals surface area (Å²) >= 11 is 0. The predicted molar refractivity (Wildman–Crippen MR) is 67.3 cm³/mol. The molecule has 0 radical (unpaired) electrons. The highest BCUT2D eigenvalue weighted by molar-refractivity contribution is 5.40. The van der Waals surface area contributed by atoms with Crippen LogP contribution in [0.25, 0.3) is 0 Å². The lowest BCUT2D eigenvalue weighted by Crippen LogP contribution is -2.26. The Morgan fingerprint density at radius 1 is 1.13 bits per heavy atom. The van der Waals surface area contributed by atoms with Crippen molar-refractivity contribution in [3.8, 4) is 0 Å². The summed E-state index contributed by atoms with van der Waals surface area (Å²) in [6.45, 7) is 10.9. The maximum atomic E-state index is 6.12. The van der Waals surface area contributed by atoms with E-state index in [0.717, 1.165) is 6.42 Å². The Labute approximate surface area is 93.7 Å². The summed E-state index contributed by atoms with van der Waals surface area (Å²) in [4.78, 5) is 0.